The minimum absolute atomic E-state index is 0.00229. The number of hydrogen-bond donors (Lipinski definition) is 1. The van der Waals surface area contributed by atoms with Crippen molar-refractivity contribution in [1.82, 2.24) is 14.9 Å². The number of carbonyl (C=O) groups is 1. The van der Waals surface area contributed by atoms with E-state index in [1.807, 2.05) is 26.1 Å². The molecule has 140 valence electrons. The van der Waals surface area contributed by atoms with E-state index in [9.17, 15) is 4.79 Å². The Labute approximate surface area is 164 Å². The first-order valence-electron chi connectivity index (χ1n) is 9.57. The minimum atomic E-state index is 0.00229. The summed E-state index contributed by atoms with van der Waals surface area (Å²) in [6.45, 7) is 3.44. The standard InChI is InChI=1S/C23H22N4O/c1-15-20(25-14-24-15)13-26(2)23(28)19-8-9-21-18(12-19)7-6-16-4-3-5-17-10-11-27(21)22(16)17/h3-9,12,14H,10-11,13H2,1-2H3,(H,24,25). The molecule has 2 aliphatic rings. The van der Waals surface area contributed by atoms with Gasteiger partial charge >= 0.3 is 0 Å². The first-order chi connectivity index (χ1) is 13.6. The van der Waals surface area contributed by atoms with Crippen molar-refractivity contribution in [2.24, 2.45) is 0 Å². The minimum Gasteiger partial charge on any atom is -0.348 e. The van der Waals surface area contributed by atoms with Crippen LogP contribution in [0.3, 0.4) is 0 Å². The number of aromatic amines is 1. The van der Waals surface area contributed by atoms with Crippen molar-refractivity contribution in [3.8, 4) is 0 Å². The number of hydrogen-bond acceptors (Lipinski definition) is 3. The normalized spacial score (nSPS) is 13.9. The summed E-state index contributed by atoms with van der Waals surface area (Å²) in [5, 5.41) is 0. The van der Waals surface area contributed by atoms with Crippen molar-refractivity contribution in [3.63, 3.8) is 0 Å². The lowest BCUT2D eigenvalue weighted by Crippen LogP contribution is -2.27. The monoisotopic (exact) mass is 370 g/mol. The molecule has 28 heavy (non-hydrogen) atoms. The highest BCUT2D eigenvalue weighted by Gasteiger charge is 2.26. The molecule has 0 atom stereocenters. The first kappa shape index (κ1) is 16.8. The number of nitrogens with zero attached hydrogens (tertiary/aromatic N) is 3. The number of rotatable bonds is 3. The molecule has 1 amide bonds. The van der Waals surface area contributed by atoms with Gasteiger partial charge in [0.05, 0.1) is 24.3 Å². The van der Waals surface area contributed by atoms with Crippen molar-refractivity contribution < 1.29 is 4.79 Å². The fourth-order valence-corrected chi connectivity index (χ4v) is 4.17. The molecule has 0 aliphatic carbocycles. The van der Waals surface area contributed by atoms with Crippen LogP contribution >= 0.6 is 0 Å². The molecular formula is C23H22N4O. The Balaban J connectivity index is 1.47. The summed E-state index contributed by atoms with van der Waals surface area (Å²) < 4.78 is 0. The third-order valence-corrected chi connectivity index (χ3v) is 5.70. The van der Waals surface area contributed by atoms with Gasteiger partial charge in [0, 0.05) is 30.5 Å². The predicted molar refractivity (Wildman–Crippen MR) is 112 cm³/mol. The molecule has 3 heterocycles. The van der Waals surface area contributed by atoms with Crippen LogP contribution in [-0.4, -0.2) is 34.4 Å². The summed E-state index contributed by atoms with van der Waals surface area (Å²) in [5.41, 5.74) is 8.78. The van der Waals surface area contributed by atoms with Crippen molar-refractivity contribution in [3.05, 3.63) is 76.4 Å². The van der Waals surface area contributed by atoms with Gasteiger partial charge in [-0.25, -0.2) is 4.98 Å². The number of carbonyl (C=O) groups excluding carboxylic acids is 1. The van der Waals surface area contributed by atoms with Gasteiger partial charge in [-0.05, 0) is 48.2 Å². The van der Waals surface area contributed by atoms with Crippen LogP contribution in [0.15, 0.2) is 42.7 Å². The lowest BCUT2D eigenvalue weighted by molar-refractivity contribution is 0.0783. The Bertz CT molecular complexity index is 1110. The number of anilines is 2. The molecule has 5 rings (SSSR count). The van der Waals surface area contributed by atoms with Crippen LogP contribution < -0.4 is 4.90 Å². The molecule has 2 aromatic carbocycles. The molecule has 1 N–H and O–H groups in total. The molecule has 0 fully saturated rings. The third kappa shape index (κ3) is 2.62. The Kier molecular flexibility index (Phi) is 3.83. The van der Waals surface area contributed by atoms with Gasteiger partial charge in [-0.3, -0.25) is 4.79 Å². The largest absolute Gasteiger partial charge is 0.348 e. The number of fused-ring (bicyclic) bond motifs is 2. The number of aromatic nitrogens is 2. The molecular weight excluding hydrogens is 348 g/mol. The van der Waals surface area contributed by atoms with Crippen LogP contribution in [0.25, 0.3) is 12.2 Å². The van der Waals surface area contributed by atoms with Crippen LogP contribution in [0, 0.1) is 6.92 Å². The first-order valence-corrected chi connectivity index (χ1v) is 9.57. The van der Waals surface area contributed by atoms with Crippen LogP contribution in [0.5, 0.6) is 0 Å². The van der Waals surface area contributed by atoms with Crippen LogP contribution in [0.2, 0.25) is 0 Å². The lowest BCUT2D eigenvalue weighted by atomic mass is 10.1. The molecule has 1 aromatic heterocycles. The second kappa shape index (κ2) is 6.37. The van der Waals surface area contributed by atoms with E-state index in [1.54, 1.807) is 11.2 Å². The fraction of sp³-hybridized carbons (Fsp3) is 0.217. The molecule has 3 aromatic rings. The van der Waals surface area contributed by atoms with E-state index < -0.39 is 0 Å². The lowest BCUT2D eigenvalue weighted by Gasteiger charge is -2.23. The molecule has 0 spiro atoms. The zero-order chi connectivity index (χ0) is 19.3. The van der Waals surface area contributed by atoms with Gasteiger partial charge in [0.1, 0.15) is 0 Å². The highest BCUT2D eigenvalue weighted by Crippen LogP contribution is 2.42. The van der Waals surface area contributed by atoms with Gasteiger partial charge in [-0.2, -0.15) is 0 Å². The number of amides is 1. The zero-order valence-electron chi connectivity index (χ0n) is 16.1. The molecule has 0 bridgehead atoms. The molecule has 5 heteroatoms. The highest BCUT2D eigenvalue weighted by atomic mass is 16.2. The van der Waals surface area contributed by atoms with E-state index in [0.29, 0.717) is 12.1 Å². The van der Waals surface area contributed by atoms with Gasteiger partial charge in [0.2, 0.25) is 0 Å². The Hall–Kier alpha value is -3.34. The number of H-pyrrole nitrogens is 1. The second-order valence-electron chi connectivity index (χ2n) is 7.50. The van der Waals surface area contributed by atoms with Crippen molar-refractivity contribution >= 4 is 29.4 Å². The summed E-state index contributed by atoms with van der Waals surface area (Å²) in [6.07, 6.45) is 7.01. The van der Waals surface area contributed by atoms with Gasteiger partial charge < -0.3 is 14.8 Å². The molecule has 0 saturated carbocycles. The summed E-state index contributed by atoms with van der Waals surface area (Å²) in [5.74, 6) is 0.00229. The van der Waals surface area contributed by atoms with E-state index in [1.165, 1.54) is 22.5 Å². The molecule has 0 saturated heterocycles. The molecule has 0 radical (unpaired) electrons. The topological polar surface area (TPSA) is 52.2 Å². The summed E-state index contributed by atoms with van der Waals surface area (Å²) in [4.78, 5) is 24.4. The zero-order valence-corrected chi connectivity index (χ0v) is 16.1. The predicted octanol–water partition coefficient (Wildman–Crippen LogP) is 4.17. The highest BCUT2D eigenvalue weighted by molar-refractivity contribution is 5.98. The van der Waals surface area contributed by atoms with E-state index in [4.69, 9.17) is 0 Å². The maximum absolute atomic E-state index is 13.0. The van der Waals surface area contributed by atoms with Gasteiger partial charge in [-0.15, -0.1) is 0 Å². The van der Waals surface area contributed by atoms with Gasteiger partial charge in [-0.1, -0.05) is 30.4 Å². The third-order valence-electron chi connectivity index (χ3n) is 5.70. The maximum atomic E-state index is 13.0. The smallest absolute Gasteiger partial charge is 0.253 e. The number of imidazole rings is 1. The maximum Gasteiger partial charge on any atom is 0.253 e. The van der Waals surface area contributed by atoms with Crippen LogP contribution in [-0.2, 0) is 13.0 Å². The average Bonchev–Trinajstić information content (AvgIpc) is 3.27. The Morgan fingerprint density at radius 2 is 2.07 bits per heavy atom. The Morgan fingerprint density at radius 3 is 2.89 bits per heavy atom. The quantitative estimate of drug-likeness (QED) is 0.753. The SMILES string of the molecule is Cc1[nH]cnc1CN(C)C(=O)c1ccc2c(c1)C=Cc1cccc3c1N2CC3. The fourth-order valence-electron chi connectivity index (χ4n) is 4.17. The number of aryl methyl sites for hydroxylation is 1. The van der Waals surface area contributed by atoms with Gasteiger partial charge in [0.25, 0.3) is 5.91 Å². The number of benzene rings is 2. The molecule has 0 unspecified atom stereocenters. The summed E-state index contributed by atoms with van der Waals surface area (Å²) in [7, 11) is 1.82. The molecule has 2 aliphatic heterocycles. The second-order valence-corrected chi connectivity index (χ2v) is 7.50. The number of nitrogens with one attached hydrogen (secondary N) is 1. The Morgan fingerprint density at radius 1 is 1.21 bits per heavy atom. The van der Waals surface area contributed by atoms with E-state index in [0.717, 1.165) is 29.9 Å². The van der Waals surface area contributed by atoms with E-state index in [-0.39, 0.29) is 5.91 Å². The summed E-state index contributed by atoms with van der Waals surface area (Å²) >= 11 is 0. The van der Waals surface area contributed by atoms with Crippen LogP contribution in [0.4, 0.5) is 11.4 Å². The van der Waals surface area contributed by atoms with E-state index in [2.05, 4.69) is 51.3 Å². The number of para-hydroxylation sites is 1. The van der Waals surface area contributed by atoms with Crippen molar-refractivity contribution in [2.75, 3.05) is 18.5 Å². The van der Waals surface area contributed by atoms with Gasteiger partial charge in [0.15, 0.2) is 0 Å². The van der Waals surface area contributed by atoms with Crippen LogP contribution in [0.1, 0.15) is 38.4 Å². The van der Waals surface area contributed by atoms with E-state index >= 15 is 0 Å². The molecule has 5 nitrogen and oxygen atoms in total. The van der Waals surface area contributed by atoms with Crippen molar-refractivity contribution in [2.45, 2.75) is 19.9 Å². The van der Waals surface area contributed by atoms with Crippen molar-refractivity contribution in [1.29, 1.82) is 0 Å². The average molecular weight is 370 g/mol. The summed E-state index contributed by atoms with van der Waals surface area (Å²) in [6, 6.07) is 12.5.